The van der Waals surface area contributed by atoms with Gasteiger partial charge in [-0.1, -0.05) is 19.1 Å². The first kappa shape index (κ1) is 18.3. The highest BCUT2D eigenvalue weighted by Gasteiger charge is 2.17. The van der Waals surface area contributed by atoms with Gasteiger partial charge >= 0.3 is 0 Å². The van der Waals surface area contributed by atoms with E-state index in [1.54, 1.807) is 31.2 Å². The monoisotopic (exact) mass is 364 g/mol. The van der Waals surface area contributed by atoms with E-state index >= 15 is 0 Å². The number of hydrogen-bond acceptors (Lipinski definition) is 4. The third kappa shape index (κ3) is 3.87. The Morgan fingerprint density at radius 1 is 1.15 bits per heavy atom. The SMILES string of the molecule is CCc1ccc(NC(=O)c2cn(CC(N)=O)c3nc(C)ccc3c2=O)cc1. The molecular formula is C20H20N4O3. The Labute approximate surface area is 155 Å². The standard InChI is InChI=1S/C20H20N4O3/c1-3-13-5-7-14(8-6-13)23-20(27)16-10-24(11-17(21)25)19-15(18(16)26)9-4-12(2)22-19/h4-10H,3,11H2,1-2H3,(H2,21,25)(H,23,27). The number of pyridine rings is 2. The van der Waals surface area contributed by atoms with Gasteiger partial charge in [-0.25, -0.2) is 4.98 Å². The van der Waals surface area contributed by atoms with Gasteiger partial charge in [-0.3, -0.25) is 14.4 Å². The van der Waals surface area contributed by atoms with Crippen LogP contribution in [0, 0.1) is 6.92 Å². The maximum absolute atomic E-state index is 12.8. The number of primary amides is 1. The lowest BCUT2D eigenvalue weighted by molar-refractivity contribution is -0.118. The Hall–Kier alpha value is -3.48. The molecule has 2 amide bonds. The number of aryl methyl sites for hydroxylation is 2. The second-order valence-corrected chi connectivity index (χ2v) is 6.29. The molecule has 7 heteroatoms. The van der Waals surface area contributed by atoms with Crippen LogP contribution in [0.5, 0.6) is 0 Å². The Morgan fingerprint density at radius 3 is 2.48 bits per heavy atom. The van der Waals surface area contributed by atoms with Gasteiger partial charge in [-0.15, -0.1) is 0 Å². The van der Waals surface area contributed by atoms with Crippen molar-refractivity contribution >= 4 is 28.5 Å². The van der Waals surface area contributed by atoms with Crippen molar-refractivity contribution in [2.45, 2.75) is 26.8 Å². The number of aromatic nitrogens is 2. The lowest BCUT2D eigenvalue weighted by Crippen LogP contribution is -2.27. The maximum atomic E-state index is 12.8. The molecule has 0 unspecified atom stereocenters. The molecule has 0 bridgehead atoms. The van der Waals surface area contributed by atoms with Gasteiger partial charge in [0, 0.05) is 17.6 Å². The molecule has 3 rings (SSSR count). The molecular weight excluding hydrogens is 344 g/mol. The number of hydrogen-bond donors (Lipinski definition) is 2. The van der Waals surface area contributed by atoms with Crippen molar-refractivity contribution < 1.29 is 9.59 Å². The normalized spacial score (nSPS) is 10.7. The first-order chi connectivity index (χ1) is 12.9. The lowest BCUT2D eigenvalue weighted by Gasteiger charge is -2.12. The van der Waals surface area contributed by atoms with Gasteiger partial charge in [0.1, 0.15) is 17.8 Å². The minimum atomic E-state index is -0.593. The van der Waals surface area contributed by atoms with Crippen LogP contribution in [-0.2, 0) is 17.8 Å². The molecule has 3 N–H and O–H groups in total. The van der Waals surface area contributed by atoms with Crippen LogP contribution in [0.1, 0.15) is 28.5 Å². The smallest absolute Gasteiger partial charge is 0.261 e. The van der Waals surface area contributed by atoms with E-state index in [4.69, 9.17) is 5.73 Å². The molecule has 0 aliphatic carbocycles. The fourth-order valence-electron chi connectivity index (χ4n) is 2.83. The molecule has 1 aromatic carbocycles. The number of nitrogens with zero attached hydrogens (tertiary/aromatic N) is 2. The summed E-state index contributed by atoms with van der Waals surface area (Å²) >= 11 is 0. The summed E-state index contributed by atoms with van der Waals surface area (Å²) in [6.07, 6.45) is 2.22. The number of fused-ring (bicyclic) bond motifs is 1. The lowest BCUT2D eigenvalue weighted by atomic mass is 10.1. The van der Waals surface area contributed by atoms with Crippen molar-refractivity contribution in [2.75, 3.05) is 5.32 Å². The second-order valence-electron chi connectivity index (χ2n) is 6.29. The van der Waals surface area contributed by atoms with E-state index in [-0.39, 0.29) is 17.5 Å². The van der Waals surface area contributed by atoms with Crippen molar-refractivity contribution in [1.29, 1.82) is 0 Å². The molecule has 27 heavy (non-hydrogen) atoms. The predicted molar refractivity (Wildman–Crippen MR) is 104 cm³/mol. The Kier molecular flexibility index (Phi) is 5.03. The topological polar surface area (TPSA) is 107 Å². The summed E-state index contributed by atoms with van der Waals surface area (Å²) in [5.74, 6) is -1.14. The Morgan fingerprint density at radius 2 is 1.85 bits per heavy atom. The van der Waals surface area contributed by atoms with Crippen LogP contribution in [0.4, 0.5) is 5.69 Å². The van der Waals surface area contributed by atoms with Crippen molar-refractivity contribution in [1.82, 2.24) is 9.55 Å². The zero-order valence-corrected chi connectivity index (χ0v) is 15.2. The molecule has 2 heterocycles. The second kappa shape index (κ2) is 7.41. The first-order valence-corrected chi connectivity index (χ1v) is 8.58. The van der Waals surface area contributed by atoms with Crippen molar-refractivity contribution in [3.05, 3.63) is 69.6 Å². The first-order valence-electron chi connectivity index (χ1n) is 8.58. The molecule has 0 atom stereocenters. The van der Waals surface area contributed by atoms with Gasteiger partial charge in [0.05, 0.1) is 5.39 Å². The molecule has 2 aromatic heterocycles. The Bertz CT molecular complexity index is 1080. The summed E-state index contributed by atoms with van der Waals surface area (Å²) in [5.41, 5.74) is 7.52. The van der Waals surface area contributed by atoms with Crippen LogP contribution in [0.25, 0.3) is 11.0 Å². The quantitative estimate of drug-likeness (QED) is 0.722. The number of rotatable bonds is 5. The predicted octanol–water partition coefficient (Wildman–Crippen LogP) is 2.00. The van der Waals surface area contributed by atoms with Gasteiger partial charge in [0.25, 0.3) is 5.91 Å². The number of benzene rings is 1. The minimum Gasteiger partial charge on any atom is -0.368 e. The molecule has 0 aliphatic heterocycles. The number of amides is 2. The number of carbonyl (C=O) groups excluding carboxylic acids is 2. The number of carbonyl (C=O) groups is 2. The van der Waals surface area contributed by atoms with Crippen molar-refractivity contribution in [3.63, 3.8) is 0 Å². The van der Waals surface area contributed by atoms with E-state index in [9.17, 15) is 14.4 Å². The van der Waals surface area contributed by atoms with Gasteiger partial charge in [-0.2, -0.15) is 0 Å². The van der Waals surface area contributed by atoms with Gasteiger partial charge in [0.2, 0.25) is 11.3 Å². The molecule has 3 aromatic rings. The number of nitrogens with one attached hydrogen (secondary N) is 1. The van der Waals surface area contributed by atoms with Crippen molar-refractivity contribution in [2.24, 2.45) is 5.73 Å². The molecule has 0 aliphatic rings. The molecule has 7 nitrogen and oxygen atoms in total. The van der Waals surface area contributed by atoms with Crippen LogP contribution < -0.4 is 16.5 Å². The molecule has 138 valence electrons. The van der Waals surface area contributed by atoms with Crippen LogP contribution in [0.3, 0.4) is 0 Å². The van der Waals surface area contributed by atoms with Crippen molar-refractivity contribution in [3.8, 4) is 0 Å². The number of nitrogens with two attached hydrogens (primary N) is 1. The zero-order chi connectivity index (χ0) is 19.6. The van der Waals surface area contributed by atoms with E-state index in [0.29, 0.717) is 17.0 Å². The molecule has 0 spiro atoms. The Balaban J connectivity index is 2.05. The third-order valence-corrected chi connectivity index (χ3v) is 4.25. The summed E-state index contributed by atoms with van der Waals surface area (Å²) in [5, 5.41) is 2.98. The fourth-order valence-corrected chi connectivity index (χ4v) is 2.83. The van der Waals surface area contributed by atoms with E-state index in [1.807, 2.05) is 19.1 Å². The van der Waals surface area contributed by atoms with E-state index in [0.717, 1.165) is 12.0 Å². The van der Waals surface area contributed by atoms with E-state index < -0.39 is 17.2 Å². The zero-order valence-electron chi connectivity index (χ0n) is 15.2. The van der Waals surface area contributed by atoms with Crippen LogP contribution >= 0.6 is 0 Å². The van der Waals surface area contributed by atoms with Gasteiger partial charge in [-0.05, 0) is 43.2 Å². The average molecular weight is 364 g/mol. The minimum absolute atomic E-state index is 0.0750. The highest BCUT2D eigenvalue weighted by molar-refractivity contribution is 6.05. The van der Waals surface area contributed by atoms with E-state index in [1.165, 1.54) is 10.8 Å². The fraction of sp³-hybridized carbons (Fsp3) is 0.200. The third-order valence-electron chi connectivity index (χ3n) is 4.25. The molecule has 0 radical (unpaired) electrons. The molecule has 0 saturated carbocycles. The van der Waals surface area contributed by atoms with Gasteiger partial charge in [0.15, 0.2) is 0 Å². The van der Waals surface area contributed by atoms with Gasteiger partial charge < -0.3 is 15.6 Å². The molecule has 0 fully saturated rings. The highest BCUT2D eigenvalue weighted by atomic mass is 16.2. The summed E-state index contributed by atoms with van der Waals surface area (Å²) in [4.78, 5) is 41.2. The highest BCUT2D eigenvalue weighted by Crippen LogP contribution is 2.14. The van der Waals surface area contributed by atoms with Crippen LogP contribution in [0.15, 0.2) is 47.4 Å². The van der Waals surface area contributed by atoms with Crippen LogP contribution in [-0.4, -0.2) is 21.4 Å². The molecule has 0 saturated heterocycles. The summed E-state index contributed by atoms with van der Waals surface area (Å²) in [6, 6.07) is 10.7. The van der Waals surface area contributed by atoms with E-state index in [2.05, 4.69) is 10.3 Å². The number of anilines is 1. The largest absolute Gasteiger partial charge is 0.368 e. The maximum Gasteiger partial charge on any atom is 0.261 e. The average Bonchev–Trinajstić information content (AvgIpc) is 2.64. The summed E-state index contributed by atoms with van der Waals surface area (Å²) < 4.78 is 1.43. The van der Waals surface area contributed by atoms with Crippen LogP contribution in [0.2, 0.25) is 0 Å². The summed E-state index contributed by atoms with van der Waals surface area (Å²) in [7, 11) is 0. The summed E-state index contributed by atoms with van der Waals surface area (Å²) in [6.45, 7) is 3.64.